The lowest BCUT2D eigenvalue weighted by Crippen LogP contribution is -2.15. The van der Waals surface area contributed by atoms with Crippen molar-refractivity contribution in [3.05, 3.63) is 29.8 Å². The Morgan fingerprint density at radius 1 is 1.58 bits per heavy atom. The molecule has 64 valence electrons. The molecule has 0 bridgehead atoms. The van der Waals surface area contributed by atoms with Gasteiger partial charge in [-0.3, -0.25) is 4.98 Å². The summed E-state index contributed by atoms with van der Waals surface area (Å²) >= 11 is 0. The lowest BCUT2D eigenvalue weighted by molar-refractivity contribution is 0.536. The number of nitrogens with zero attached hydrogens (tertiary/aromatic N) is 1. The van der Waals surface area contributed by atoms with Gasteiger partial charge in [0, 0.05) is 6.20 Å². The molecule has 1 aromatic heterocycles. The molecular formula is C9H11FN2. The van der Waals surface area contributed by atoms with Crippen LogP contribution in [0.3, 0.4) is 0 Å². The van der Waals surface area contributed by atoms with Gasteiger partial charge in [0.05, 0.1) is 11.7 Å². The Morgan fingerprint density at radius 3 is 2.92 bits per heavy atom. The monoisotopic (exact) mass is 166 g/mol. The zero-order valence-corrected chi connectivity index (χ0v) is 6.70. The highest BCUT2D eigenvalue weighted by molar-refractivity contribution is 5.13. The topological polar surface area (TPSA) is 38.9 Å². The standard InChI is InChI=1S/C9H11FN2/c10-7-2-1-5-12-9(7)8(11)6-3-4-6/h1-2,5-6,8H,3-4,11H2. The quantitative estimate of drug-likeness (QED) is 0.725. The summed E-state index contributed by atoms with van der Waals surface area (Å²) in [5.74, 6) is 0.172. The maximum atomic E-state index is 13.1. The van der Waals surface area contributed by atoms with Gasteiger partial charge in [0.2, 0.25) is 0 Å². The smallest absolute Gasteiger partial charge is 0.146 e. The molecule has 0 radical (unpaired) electrons. The first-order valence-electron chi connectivity index (χ1n) is 4.15. The number of hydrogen-bond acceptors (Lipinski definition) is 2. The fourth-order valence-electron chi connectivity index (χ4n) is 1.32. The third-order valence-electron chi connectivity index (χ3n) is 2.23. The summed E-state index contributed by atoms with van der Waals surface area (Å²) in [5, 5.41) is 0. The van der Waals surface area contributed by atoms with E-state index in [1.165, 1.54) is 6.07 Å². The van der Waals surface area contributed by atoms with Gasteiger partial charge in [0.25, 0.3) is 0 Å². The van der Waals surface area contributed by atoms with Gasteiger partial charge in [-0.1, -0.05) is 0 Å². The summed E-state index contributed by atoms with van der Waals surface area (Å²) in [6.45, 7) is 0. The molecule has 12 heavy (non-hydrogen) atoms. The molecule has 1 aromatic rings. The Labute approximate surface area is 70.6 Å². The highest BCUT2D eigenvalue weighted by atomic mass is 19.1. The van der Waals surface area contributed by atoms with Gasteiger partial charge >= 0.3 is 0 Å². The Hall–Kier alpha value is -0.960. The molecular weight excluding hydrogens is 155 g/mol. The van der Waals surface area contributed by atoms with E-state index in [2.05, 4.69) is 4.98 Å². The number of halogens is 1. The van der Waals surface area contributed by atoms with Crippen LogP contribution in [0.2, 0.25) is 0 Å². The predicted molar refractivity (Wildman–Crippen MR) is 43.8 cm³/mol. The molecule has 1 atom stereocenters. The summed E-state index contributed by atoms with van der Waals surface area (Å²) < 4.78 is 13.1. The molecule has 1 heterocycles. The number of nitrogens with two attached hydrogens (primary N) is 1. The molecule has 1 aliphatic rings. The first-order valence-corrected chi connectivity index (χ1v) is 4.15. The highest BCUT2D eigenvalue weighted by Gasteiger charge is 2.31. The fraction of sp³-hybridized carbons (Fsp3) is 0.444. The van der Waals surface area contributed by atoms with E-state index in [4.69, 9.17) is 5.73 Å². The predicted octanol–water partition coefficient (Wildman–Crippen LogP) is 1.63. The Balaban J connectivity index is 2.25. The van der Waals surface area contributed by atoms with Gasteiger partial charge in [-0.2, -0.15) is 0 Å². The molecule has 0 amide bonds. The molecule has 1 aliphatic carbocycles. The maximum absolute atomic E-state index is 13.1. The van der Waals surface area contributed by atoms with Crippen LogP contribution in [0.25, 0.3) is 0 Å². The SMILES string of the molecule is NC(c1ncccc1F)C1CC1. The van der Waals surface area contributed by atoms with Crippen LogP contribution in [-0.4, -0.2) is 4.98 Å². The van der Waals surface area contributed by atoms with Gasteiger partial charge in [-0.25, -0.2) is 4.39 Å². The normalized spacial score (nSPS) is 19.2. The molecule has 0 spiro atoms. The van der Waals surface area contributed by atoms with Crippen LogP contribution in [0.15, 0.2) is 18.3 Å². The molecule has 0 saturated heterocycles. The van der Waals surface area contributed by atoms with E-state index in [0.29, 0.717) is 11.6 Å². The zero-order chi connectivity index (χ0) is 8.55. The number of pyridine rings is 1. The van der Waals surface area contributed by atoms with Gasteiger partial charge in [-0.05, 0) is 30.9 Å². The van der Waals surface area contributed by atoms with E-state index in [1.807, 2.05) is 0 Å². The molecule has 1 fully saturated rings. The molecule has 0 aromatic carbocycles. The minimum absolute atomic E-state index is 0.203. The number of hydrogen-bond donors (Lipinski definition) is 1. The van der Waals surface area contributed by atoms with Crippen LogP contribution in [0, 0.1) is 11.7 Å². The average Bonchev–Trinajstić information content (AvgIpc) is 2.86. The van der Waals surface area contributed by atoms with E-state index in [-0.39, 0.29) is 11.9 Å². The summed E-state index contributed by atoms with van der Waals surface area (Å²) in [6, 6.07) is 2.79. The van der Waals surface area contributed by atoms with Crippen LogP contribution in [0.1, 0.15) is 24.6 Å². The molecule has 2 N–H and O–H groups in total. The van der Waals surface area contributed by atoms with Crippen molar-refractivity contribution in [2.75, 3.05) is 0 Å². The van der Waals surface area contributed by atoms with Crippen molar-refractivity contribution in [1.29, 1.82) is 0 Å². The summed E-state index contributed by atoms with van der Waals surface area (Å²) in [5.41, 5.74) is 6.22. The van der Waals surface area contributed by atoms with E-state index in [9.17, 15) is 4.39 Å². The van der Waals surface area contributed by atoms with Crippen molar-refractivity contribution in [3.8, 4) is 0 Å². The van der Waals surface area contributed by atoms with Crippen molar-refractivity contribution >= 4 is 0 Å². The third kappa shape index (κ3) is 1.32. The van der Waals surface area contributed by atoms with Crippen LogP contribution in [0.4, 0.5) is 4.39 Å². The van der Waals surface area contributed by atoms with Gasteiger partial charge in [0.1, 0.15) is 5.82 Å². The summed E-state index contributed by atoms with van der Waals surface area (Å²) in [4.78, 5) is 3.94. The lowest BCUT2D eigenvalue weighted by atomic mass is 10.1. The molecule has 2 nitrogen and oxygen atoms in total. The van der Waals surface area contributed by atoms with Crippen molar-refractivity contribution in [1.82, 2.24) is 4.98 Å². The van der Waals surface area contributed by atoms with Crippen LogP contribution >= 0.6 is 0 Å². The van der Waals surface area contributed by atoms with Gasteiger partial charge in [0.15, 0.2) is 0 Å². The van der Waals surface area contributed by atoms with Crippen LogP contribution < -0.4 is 5.73 Å². The minimum atomic E-state index is -0.281. The van der Waals surface area contributed by atoms with Gasteiger partial charge < -0.3 is 5.73 Å². The van der Waals surface area contributed by atoms with E-state index in [0.717, 1.165) is 12.8 Å². The molecule has 1 unspecified atom stereocenters. The number of rotatable bonds is 2. The average molecular weight is 166 g/mol. The first-order chi connectivity index (χ1) is 5.79. The maximum Gasteiger partial charge on any atom is 0.146 e. The zero-order valence-electron chi connectivity index (χ0n) is 6.70. The molecule has 0 aliphatic heterocycles. The second-order valence-corrected chi connectivity index (χ2v) is 3.23. The summed E-state index contributed by atoms with van der Waals surface area (Å²) in [6.07, 6.45) is 3.80. The third-order valence-corrected chi connectivity index (χ3v) is 2.23. The Morgan fingerprint density at radius 2 is 2.33 bits per heavy atom. The van der Waals surface area contributed by atoms with E-state index in [1.54, 1.807) is 12.3 Å². The van der Waals surface area contributed by atoms with E-state index >= 15 is 0 Å². The van der Waals surface area contributed by atoms with Crippen molar-refractivity contribution in [2.24, 2.45) is 11.7 Å². The lowest BCUT2D eigenvalue weighted by Gasteiger charge is -2.09. The summed E-state index contributed by atoms with van der Waals surface area (Å²) in [7, 11) is 0. The Bertz CT molecular complexity index is 284. The second kappa shape index (κ2) is 2.83. The van der Waals surface area contributed by atoms with Crippen molar-refractivity contribution in [2.45, 2.75) is 18.9 Å². The van der Waals surface area contributed by atoms with Crippen LogP contribution in [0.5, 0.6) is 0 Å². The highest BCUT2D eigenvalue weighted by Crippen LogP contribution is 2.39. The first kappa shape index (κ1) is 7.68. The van der Waals surface area contributed by atoms with Crippen LogP contribution in [-0.2, 0) is 0 Å². The minimum Gasteiger partial charge on any atom is -0.322 e. The fourth-order valence-corrected chi connectivity index (χ4v) is 1.32. The molecule has 3 heteroatoms. The van der Waals surface area contributed by atoms with Crippen molar-refractivity contribution in [3.63, 3.8) is 0 Å². The van der Waals surface area contributed by atoms with Crippen molar-refractivity contribution < 1.29 is 4.39 Å². The van der Waals surface area contributed by atoms with Gasteiger partial charge in [-0.15, -0.1) is 0 Å². The van der Waals surface area contributed by atoms with E-state index < -0.39 is 0 Å². The largest absolute Gasteiger partial charge is 0.322 e. The molecule has 1 saturated carbocycles. The molecule has 2 rings (SSSR count). The Kier molecular flexibility index (Phi) is 1.81. The number of aromatic nitrogens is 1. The second-order valence-electron chi connectivity index (χ2n) is 3.23.